The second-order valence-electron chi connectivity index (χ2n) is 9.84. The van der Waals surface area contributed by atoms with E-state index in [2.05, 4.69) is 0 Å². The lowest BCUT2D eigenvalue weighted by Crippen LogP contribution is -2.60. The molecular weight excluding hydrogens is 442 g/mol. The van der Waals surface area contributed by atoms with Crippen LogP contribution in [-0.2, 0) is 20.7 Å². The van der Waals surface area contributed by atoms with Gasteiger partial charge in [-0.2, -0.15) is 0 Å². The van der Waals surface area contributed by atoms with Crippen molar-refractivity contribution in [2.45, 2.75) is 50.8 Å². The van der Waals surface area contributed by atoms with E-state index >= 15 is 0 Å². The highest BCUT2D eigenvalue weighted by atomic mass is 16.5. The van der Waals surface area contributed by atoms with Gasteiger partial charge in [0.15, 0.2) is 0 Å². The van der Waals surface area contributed by atoms with E-state index in [9.17, 15) is 14.4 Å². The van der Waals surface area contributed by atoms with Crippen LogP contribution < -0.4 is 0 Å². The lowest BCUT2D eigenvalue weighted by molar-refractivity contribution is -0.144. The summed E-state index contributed by atoms with van der Waals surface area (Å²) < 4.78 is 6.34. The fourth-order valence-electron chi connectivity index (χ4n) is 5.63. The molecule has 0 aromatic heterocycles. The van der Waals surface area contributed by atoms with Gasteiger partial charge in [0.05, 0.1) is 13.0 Å². The van der Waals surface area contributed by atoms with Crippen LogP contribution in [0.3, 0.4) is 0 Å². The van der Waals surface area contributed by atoms with Crippen LogP contribution in [0.1, 0.15) is 47.2 Å². The van der Waals surface area contributed by atoms with Crippen molar-refractivity contribution in [3.05, 3.63) is 71.3 Å². The Morgan fingerprint density at radius 2 is 1.54 bits per heavy atom. The van der Waals surface area contributed by atoms with Crippen LogP contribution in [0.2, 0.25) is 0 Å². The molecule has 0 aliphatic carbocycles. The smallest absolute Gasteiger partial charge is 0.257 e. The third kappa shape index (κ3) is 4.57. The summed E-state index contributed by atoms with van der Waals surface area (Å²) in [6.07, 6.45) is 3.34. The number of hydrogen-bond donors (Lipinski definition) is 0. The maximum absolute atomic E-state index is 13.9. The second kappa shape index (κ2) is 9.82. The molecule has 3 saturated heterocycles. The zero-order valence-electron chi connectivity index (χ0n) is 20.3. The number of ether oxygens (including phenoxy) is 1. The summed E-state index contributed by atoms with van der Waals surface area (Å²) in [6.45, 7) is 4.57. The molecule has 0 unspecified atom stereocenters. The van der Waals surface area contributed by atoms with Crippen molar-refractivity contribution in [1.82, 2.24) is 14.7 Å². The number of aryl methyl sites for hydroxylation is 1. The van der Waals surface area contributed by atoms with Gasteiger partial charge in [-0.15, -0.1) is 0 Å². The molecule has 3 aliphatic rings. The van der Waals surface area contributed by atoms with Crippen LogP contribution >= 0.6 is 0 Å². The highest BCUT2D eigenvalue weighted by molar-refractivity contribution is 5.99. The van der Waals surface area contributed by atoms with Crippen molar-refractivity contribution < 1.29 is 19.1 Å². The van der Waals surface area contributed by atoms with Gasteiger partial charge in [0.25, 0.3) is 5.91 Å². The lowest BCUT2D eigenvalue weighted by atomic mass is 9.95. The molecule has 0 N–H and O–H groups in total. The molecule has 5 rings (SSSR count). The Labute approximate surface area is 206 Å². The predicted molar refractivity (Wildman–Crippen MR) is 132 cm³/mol. The fraction of sp³-hybridized carbons (Fsp3) is 0.464. The Bertz CT molecular complexity index is 1090. The predicted octanol–water partition coefficient (Wildman–Crippen LogP) is 3.02. The number of piperidine rings is 1. The van der Waals surface area contributed by atoms with Crippen LogP contribution in [0.15, 0.2) is 54.6 Å². The van der Waals surface area contributed by atoms with Crippen LogP contribution in [-0.4, -0.2) is 77.0 Å². The maximum Gasteiger partial charge on any atom is 0.257 e. The van der Waals surface area contributed by atoms with Gasteiger partial charge in [0.1, 0.15) is 11.8 Å². The summed E-state index contributed by atoms with van der Waals surface area (Å²) in [5.41, 5.74) is 1.59. The summed E-state index contributed by atoms with van der Waals surface area (Å²) in [4.78, 5) is 45.8. The standard InChI is InChI=1S/C28H33N3O4/c1-21-9-5-6-12-23(21)26(33)31-24(27(34)30-15-7-8-16-30)20-35-28(31)13-17-29(18-14-28)25(32)19-22-10-3-2-4-11-22/h2-6,9-12,24H,7-8,13-20H2,1H3/t24-/m0/s1. The van der Waals surface area contributed by atoms with Crippen LogP contribution in [0.4, 0.5) is 0 Å². The van der Waals surface area contributed by atoms with Gasteiger partial charge >= 0.3 is 0 Å². The second-order valence-corrected chi connectivity index (χ2v) is 9.84. The first-order valence-electron chi connectivity index (χ1n) is 12.6. The summed E-state index contributed by atoms with van der Waals surface area (Å²) >= 11 is 0. The van der Waals surface area contributed by atoms with Crippen LogP contribution in [0.25, 0.3) is 0 Å². The number of nitrogens with zero attached hydrogens (tertiary/aromatic N) is 3. The lowest BCUT2D eigenvalue weighted by Gasteiger charge is -2.45. The first-order valence-corrected chi connectivity index (χ1v) is 12.6. The van der Waals surface area contributed by atoms with E-state index in [4.69, 9.17) is 4.74 Å². The summed E-state index contributed by atoms with van der Waals surface area (Å²) in [5, 5.41) is 0. The third-order valence-electron chi connectivity index (χ3n) is 7.65. The molecule has 3 fully saturated rings. The maximum atomic E-state index is 13.9. The molecule has 184 valence electrons. The highest BCUT2D eigenvalue weighted by Gasteiger charge is 2.55. The molecule has 2 aromatic carbocycles. The molecule has 3 heterocycles. The molecule has 2 aromatic rings. The normalized spacial score (nSPS) is 21.5. The topological polar surface area (TPSA) is 70.2 Å². The van der Waals surface area contributed by atoms with Crippen molar-refractivity contribution in [2.24, 2.45) is 0 Å². The average Bonchev–Trinajstić information content (AvgIpc) is 3.54. The average molecular weight is 476 g/mol. The number of benzene rings is 2. The van der Waals surface area contributed by atoms with E-state index in [-0.39, 0.29) is 24.3 Å². The molecular formula is C28H33N3O4. The number of hydrogen-bond acceptors (Lipinski definition) is 4. The SMILES string of the molecule is Cc1ccccc1C(=O)N1[C@H](C(=O)N2CCCC2)COC12CCN(C(=O)Cc1ccccc1)CC2. The monoisotopic (exact) mass is 475 g/mol. The van der Waals surface area contributed by atoms with Crippen LogP contribution in [0.5, 0.6) is 0 Å². The Hall–Kier alpha value is -3.19. The molecule has 0 bridgehead atoms. The number of carbonyl (C=O) groups excluding carboxylic acids is 3. The summed E-state index contributed by atoms with van der Waals surface area (Å²) in [7, 11) is 0. The van der Waals surface area contributed by atoms with E-state index in [1.54, 1.807) is 4.90 Å². The van der Waals surface area contributed by atoms with Gasteiger partial charge in [-0.25, -0.2) is 0 Å². The molecule has 0 radical (unpaired) electrons. The first-order chi connectivity index (χ1) is 17.0. The van der Waals surface area contributed by atoms with Gasteiger partial charge in [0, 0.05) is 44.6 Å². The Balaban J connectivity index is 1.37. The van der Waals surface area contributed by atoms with E-state index in [0.29, 0.717) is 37.9 Å². The van der Waals surface area contributed by atoms with E-state index in [0.717, 1.165) is 37.1 Å². The number of rotatable bonds is 4. The third-order valence-corrected chi connectivity index (χ3v) is 7.65. The molecule has 3 amide bonds. The molecule has 7 heteroatoms. The zero-order valence-corrected chi connectivity index (χ0v) is 20.3. The largest absolute Gasteiger partial charge is 0.353 e. The van der Waals surface area contributed by atoms with Gasteiger partial charge in [-0.3, -0.25) is 19.3 Å². The van der Waals surface area contributed by atoms with Gasteiger partial charge in [0.2, 0.25) is 11.8 Å². The minimum Gasteiger partial charge on any atom is -0.353 e. The van der Waals surface area contributed by atoms with Crippen molar-refractivity contribution in [3.63, 3.8) is 0 Å². The Morgan fingerprint density at radius 1 is 0.886 bits per heavy atom. The van der Waals surface area contributed by atoms with Crippen LogP contribution in [0, 0.1) is 6.92 Å². The zero-order chi connectivity index (χ0) is 24.4. The Morgan fingerprint density at radius 3 is 2.23 bits per heavy atom. The summed E-state index contributed by atoms with van der Waals surface area (Å²) in [6, 6.07) is 16.6. The molecule has 35 heavy (non-hydrogen) atoms. The molecule has 1 atom stereocenters. The Kier molecular flexibility index (Phi) is 6.60. The van der Waals surface area contributed by atoms with Crippen molar-refractivity contribution in [3.8, 4) is 0 Å². The van der Waals surface area contributed by atoms with E-state index in [1.807, 2.05) is 71.3 Å². The minimum absolute atomic E-state index is 0.0242. The molecule has 1 spiro atoms. The first kappa shape index (κ1) is 23.5. The van der Waals surface area contributed by atoms with E-state index in [1.165, 1.54) is 0 Å². The van der Waals surface area contributed by atoms with Crippen molar-refractivity contribution in [2.75, 3.05) is 32.8 Å². The quantitative estimate of drug-likeness (QED) is 0.682. The molecule has 7 nitrogen and oxygen atoms in total. The number of likely N-dealkylation sites (tertiary alicyclic amines) is 2. The summed E-state index contributed by atoms with van der Waals surface area (Å²) in [5.74, 6) is -0.114. The highest BCUT2D eigenvalue weighted by Crippen LogP contribution is 2.39. The van der Waals surface area contributed by atoms with E-state index < -0.39 is 11.8 Å². The molecule has 0 saturated carbocycles. The number of carbonyl (C=O) groups is 3. The fourth-order valence-corrected chi connectivity index (χ4v) is 5.63. The van der Waals surface area contributed by atoms with Crippen molar-refractivity contribution >= 4 is 17.7 Å². The minimum atomic E-state index is -0.872. The van der Waals surface area contributed by atoms with Gasteiger partial charge in [-0.1, -0.05) is 48.5 Å². The van der Waals surface area contributed by atoms with Crippen molar-refractivity contribution in [1.29, 1.82) is 0 Å². The van der Waals surface area contributed by atoms with Gasteiger partial charge < -0.3 is 14.5 Å². The molecule has 3 aliphatic heterocycles. The number of amides is 3. The van der Waals surface area contributed by atoms with Gasteiger partial charge in [-0.05, 0) is 37.0 Å².